The van der Waals surface area contributed by atoms with E-state index in [2.05, 4.69) is 20.8 Å². The van der Waals surface area contributed by atoms with Crippen LogP contribution in [0.4, 0.5) is 0 Å². The van der Waals surface area contributed by atoms with Crippen LogP contribution in [0.25, 0.3) is 0 Å². The molecule has 21 heavy (non-hydrogen) atoms. The van der Waals surface area contributed by atoms with Gasteiger partial charge in [0.15, 0.2) is 0 Å². The van der Waals surface area contributed by atoms with Crippen molar-refractivity contribution in [3.63, 3.8) is 0 Å². The number of esters is 1. The molecule has 1 saturated carbocycles. The zero-order chi connectivity index (χ0) is 15.7. The first-order chi connectivity index (χ1) is 10.0. The highest BCUT2D eigenvalue weighted by atomic mass is 16.5. The molecule has 0 spiro atoms. The average Bonchev–Trinajstić information content (AvgIpc) is 2.46. The molecule has 1 unspecified atom stereocenters. The van der Waals surface area contributed by atoms with E-state index in [0.29, 0.717) is 0 Å². The van der Waals surface area contributed by atoms with E-state index in [1.165, 1.54) is 58.5 Å². The van der Waals surface area contributed by atoms with Gasteiger partial charge >= 0.3 is 5.97 Å². The van der Waals surface area contributed by atoms with Gasteiger partial charge in [0.25, 0.3) is 0 Å². The number of carbonyl (C=O) groups is 1. The molecule has 0 bridgehead atoms. The Morgan fingerprint density at radius 3 is 2.19 bits per heavy atom. The van der Waals surface area contributed by atoms with Crippen molar-refractivity contribution in [3.05, 3.63) is 0 Å². The van der Waals surface area contributed by atoms with E-state index in [9.17, 15) is 4.79 Å². The smallest absolute Gasteiger partial charge is 0.308 e. The predicted molar refractivity (Wildman–Crippen MR) is 89.2 cm³/mol. The lowest BCUT2D eigenvalue weighted by atomic mass is 9.79. The van der Waals surface area contributed by atoms with Crippen molar-refractivity contribution >= 4 is 5.97 Å². The van der Waals surface area contributed by atoms with Crippen LogP contribution in [0.1, 0.15) is 85.0 Å². The van der Waals surface area contributed by atoms with Crippen LogP contribution in [-0.4, -0.2) is 13.1 Å². The fourth-order valence-corrected chi connectivity index (χ4v) is 3.63. The largest absolute Gasteiger partial charge is 0.469 e. The summed E-state index contributed by atoms with van der Waals surface area (Å²) in [6, 6.07) is 0. The van der Waals surface area contributed by atoms with Gasteiger partial charge in [-0.2, -0.15) is 0 Å². The van der Waals surface area contributed by atoms with Gasteiger partial charge in [-0.1, -0.05) is 59.3 Å². The molecule has 1 aliphatic carbocycles. The summed E-state index contributed by atoms with van der Waals surface area (Å²) in [5.74, 6) is 2.78. The lowest BCUT2D eigenvalue weighted by Gasteiger charge is -2.27. The minimum absolute atomic E-state index is 0.00669. The summed E-state index contributed by atoms with van der Waals surface area (Å²) in [4.78, 5) is 11.5. The summed E-state index contributed by atoms with van der Waals surface area (Å²) in [6.45, 7) is 7.04. The van der Waals surface area contributed by atoms with Crippen LogP contribution in [0.15, 0.2) is 0 Å². The van der Waals surface area contributed by atoms with Crippen LogP contribution in [0.5, 0.6) is 0 Å². The van der Waals surface area contributed by atoms with E-state index in [4.69, 9.17) is 4.74 Å². The summed E-state index contributed by atoms with van der Waals surface area (Å²) in [6.07, 6.45) is 12.8. The molecular weight excluding hydrogens is 260 g/mol. The van der Waals surface area contributed by atoms with Gasteiger partial charge in [-0.3, -0.25) is 4.79 Å². The van der Waals surface area contributed by atoms with Crippen LogP contribution < -0.4 is 0 Å². The standard InChI is InChI=1S/C19H36O2/c1-15(2)7-5-8-16(3)9-6-10-17-11-13-18(14-12-17)19(20)21-4/h15-18H,5-14H2,1-4H3. The highest BCUT2D eigenvalue weighted by Crippen LogP contribution is 2.33. The van der Waals surface area contributed by atoms with Crippen molar-refractivity contribution in [2.24, 2.45) is 23.7 Å². The average molecular weight is 296 g/mol. The molecule has 0 aromatic heterocycles. The fourth-order valence-electron chi connectivity index (χ4n) is 3.63. The Kier molecular flexibility index (Phi) is 9.03. The number of methoxy groups -OCH3 is 1. The first kappa shape index (κ1) is 18.5. The second kappa shape index (κ2) is 10.2. The van der Waals surface area contributed by atoms with E-state index >= 15 is 0 Å². The van der Waals surface area contributed by atoms with Crippen LogP contribution in [0.3, 0.4) is 0 Å². The third-order valence-corrected chi connectivity index (χ3v) is 5.17. The maximum absolute atomic E-state index is 11.5. The molecule has 0 saturated heterocycles. The molecule has 0 heterocycles. The molecule has 0 radical (unpaired) electrons. The van der Waals surface area contributed by atoms with E-state index in [1.54, 1.807) is 0 Å². The molecule has 2 heteroatoms. The summed E-state index contributed by atoms with van der Waals surface area (Å²) in [5.41, 5.74) is 0. The SMILES string of the molecule is COC(=O)C1CCC(CCCC(C)CCCC(C)C)CC1. The Morgan fingerprint density at radius 1 is 1.00 bits per heavy atom. The molecule has 0 N–H and O–H groups in total. The minimum atomic E-state index is 0.00669. The quantitative estimate of drug-likeness (QED) is 0.518. The Labute approximate surface area is 132 Å². The Morgan fingerprint density at radius 2 is 1.62 bits per heavy atom. The van der Waals surface area contributed by atoms with Crippen LogP contribution in [0.2, 0.25) is 0 Å². The van der Waals surface area contributed by atoms with Gasteiger partial charge in [0, 0.05) is 0 Å². The van der Waals surface area contributed by atoms with Gasteiger partial charge in [0.2, 0.25) is 0 Å². The normalized spacial score (nSPS) is 24.0. The number of rotatable bonds is 9. The molecule has 0 amide bonds. The van der Waals surface area contributed by atoms with E-state index < -0.39 is 0 Å². The van der Waals surface area contributed by atoms with E-state index in [-0.39, 0.29) is 11.9 Å². The molecule has 0 aliphatic heterocycles. The van der Waals surface area contributed by atoms with Gasteiger partial charge in [-0.15, -0.1) is 0 Å². The number of ether oxygens (including phenoxy) is 1. The van der Waals surface area contributed by atoms with E-state index in [0.717, 1.165) is 30.6 Å². The highest BCUT2D eigenvalue weighted by Gasteiger charge is 2.26. The maximum atomic E-state index is 11.5. The zero-order valence-electron chi connectivity index (χ0n) is 14.7. The predicted octanol–water partition coefficient (Wildman–Crippen LogP) is 5.60. The fraction of sp³-hybridized carbons (Fsp3) is 0.947. The van der Waals surface area contributed by atoms with Crippen molar-refractivity contribution in [3.8, 4) is 0 Å². The van der Waals surface area contributed by atoms with Gasteiger partial charge in [-0.25, -0.2) is 0 Å². The minimum Gasteiger partial charge on any atom is -0.469 e. The van der Waals surface area contributed by atoms with Crippen LogP contribution >= 0.6 is 0 Å². The number of hydrogen-bond donors (Lipinski definition) is 0. The maximum Gasteiger partial charge on any atom is 0.308 e. The van der Waals surface area contributed by atoms with Crippen molar-refractivity contribution < 1.29 is 9.53 Å². The lowest BCUT2D eigenvalue weighted by molar-refractivity contribution is -0.146. The molecular formula is C19H36O2. The van der Waals surface area contributed by atoms with Crippen molar-refractivity contribution in [1.82, 2.24) is 0 Å². The first-order valence-electron chi connectivity index (χ1n) is 9.10. The van der Waals surface area contributed by atoms with Gasteiger partial charge in [0.05, 0.1) is 13.0 Å². The van der Waals surface area contributed by atoms with Gasteiger partial charge in [0.1, 0.15) is 0 Å². The molecule has 124 valence electrons. The molecule has 0 aromatic rings. The summed E-state index contributed by atoms with van der Waals surface area (Å²) < 4.78 is 4.85. The second-order valence-electron chi connectivity index (χ2n) is 7.60. The van der Waals surface area contributed by atoms with Crippen LogP contribution in [-0.2, 0) is 9.53 Å². The number of hydrogen-bond acceptors (Lipinski definition) is 2. The van der Waals surface area contributed by atoms with E-state index in [1.807, 2.05) is 0 Å². The molecule has 1 aliphatic rings. The molecule has 1 fully saturated rings. The second-order valence-corrected chi connectivity index (χ2v) is 7.60. The van der Waals surface area contributed by atoms with Gasteiger partial charge in [-0.05, 0) is 43.4 Å². The molecule has 1 atom stereocenters. The molecule has 2 nitrogen and oxygen atoms in total. The summed E-state index contributed by atoms with van der Waals surface area (Å²) in [5, 5.41) is 0. The van der Waals surface area contributed by atoms with Crippen molar-refractivity contribution in [1.29, 1.82) is 0 Å². The third kappa shape index (κ3) is 7.87. The highest BCUT2D eigenvalue weighted by molar-refractivity contribution is 5.72. The Hall–Kier alpha value is -0.530. The molecule has 1 rings (SSSR count). The Bertz CT molecular complexity index is 277. The third-order valence-electron chi connectivity index (χ3n) is 5.17. The number of carbonyl (C=O) groups excluding carboxylic acids is 1. The van der Waals surface area contributed by atoms with Gasteiger partial charge < -0.3 is 4.74 Å². The van der Waals surface area contributed by atoms with Crippen molar-refractivity contribution in [2.45, 2.75) is 85.0 Å². The summed E-state index contributed by atoms with van der Waals surface area (Å²) >= 11 is 0. The van der Waals surface area contributed by atoms with Crippen LogP contribution in [0, 0.1) is 23.7 Å². The molecule has 0 aromatic carbocycles. The van der Waals surface area contributed by atoms with Crippen molar-refractivity contribution in [2.75, 3.05) is 7.11 Å². The summed E-state index contributed by atoms with van der Waals surface area (Å²) in [7, 11) is 1.51. The topological polar surface area (TPSA) is 26.3 Å². The lowest BCUT2D eigenvalue weighted by Crippen LogP contribution is -2.22. The zero-order valence-corrected chi connectivity index (χ0v) is 14.7. The monoisotopic (exact) mass is 296 g/mol. The Balaban J connectivity index is 2.05. The first-order valence-corrected chi connectivity index (χ1v) is 9.10.